The second-order valence-corrected chi connectivity index (χ2v) is 4.66. The lowest BCUT2D eigenvalue weighted by atomic mass is 9.99. The Morgan fingerprint density at radius 3 is 2.59 bits per heavy atom. The lowest BCUT2D eigenvalue weighted by Gasteiger charge is -2.05. The van der Waals surface area contributed by atoms with Crippen LogP contribution in [0, 0.1) is 6.92 Å². The van der Waals surface area contributed by atoms with Crippen molar-refractivity contribution < 1.29 is 4.79 Å². The van der Waals surface area contributed by atoms with Gasteiger partial charge < -0.3 is 0 Å². The lowest BCUT2D eigenvalue weighted by Crippen LogP contribution is -1.91. The van der Waals surface area contributed by atoms with Crippen LogP contribution < -0.4 is 0 Å². The zero-order chi connectivity index (χ0) is 11.8. The van der Waals surface area contributed by atoms with Gasteiger partial charge in [-0.25, -0.2) is 0 Å². The number of Topliss-reactive ketones (excluding diaryl/α,β-unsaturated/α-hetero) is 1. The summed E-state index contributed by atoms with van der Waals surface area (Å²) in [7, 11) is 0. The number of rotatable bonds is 1. The summed E-state index contributed by atoms with van der Waals surface area (Å²) in [6, 6.07) is 14.6. The first kappa shape index (κ1) is 10.3. The minimum Gasteiger partial charge on any atom is -0.294 e. The molecule has 1 heteroatoms. The average Bonchev–Trinajstić information content (AvgIpc) is 2.71. The molecule has 0 fully saturated rings. The minimum absolute atomic E-state index is 0.287. The summed E-state index contributed by atoms with van der Waals surface area (Å²) in [4.78, 5) is 11.7. The predicted molar refractivity (Wildman–Crippen MR) is 69.3 cm³/mol. The number of carbonyl (C=O) groups is 1. The summed E-state index contributed by atoms with van der Waals surface area (Å²) in [5, 5.41) is 0. The van der Waals surface area contributed by atoms with Crippen LogP contribution in [0.4, 0.5) is 0 Å². The molecule has 0 saturated carbocycles. The molecular weight excluding hydrogens is 208 g/mol. The summed E-state index contributed by atoms with van der Waals surface area (Å²) in [6.45, 7) is 2.09. The highest BCUT2D eigenvalue weighted by atomic mass is 16.1. The van der Waals surface area contributed by atoms with E-state index in [1.807, 2.05) is 6.07 Å². The molecule has 0 aromatic heterocycles. The third-order valence-corrected chi connectivity index (χ3v) is 3.38. The molecule has 84 valence electrons. The molecule has 3 rings (SSSR count). The normalized spacial score (nSPS) is 13.8. The van der Waals surface area contributed by atoms with Gasteiger partial charge in [0.25, 0.3) is 0 Å². The number of hydrogen-bond acceptors (Lipinski definition) is 1. The zero-order valence-corrected chi connectivity index (χ0v) is 9.86. The molecular formula is C16H14O. The van der Waals surface area contributed by atoms with Crippen LogP contribution in [0.2, 0.25) is 0 Å². The molecule has 0 amide bonds. The van der Waals surface area contributed by atoms with E-state index in [4.69, 9.17) is 0 Å². The molecule has 0 saturated heterocycles. The Balaban J connectivity index is 2.11. The minimum atomic E-state index is 0.287. The summed E-state index contributed by atoms with van der Waals surface area (Å²) >= 11 is 0. The summed E-state index contributed by atoms with van der Waals surface area (Å²) in [5.74, 6) is 0.287. The Kier molecular flexibility index (Phi) is 2.32. The first-order valence-electron chi connectivity index (χ1n) is 5.97. The number of benzene rings is 2. The van der Waals surface area contributed by atoms with Gasteiger partial charge in [-0.15, -0.1) is 0 Å². The van der Waals surface area contributed by atoms with Crippen LogP contribution in [-0.4, -0.2) is 5.78 Å². The Labute approximate surface area is 101 Å². The topological polar surface area (TPSA) is 17.1 Å². The van der Waals surface area contributed by atoms with Gasteiger partial charge in [0.1, 0.15) is 0 Å². The predicted octanol–water partition coefficient (Wildman–Crippen LogP) is 3.79. The molecule has 0 aliphatic heterocycles. The van der Waals surface area contributed by atoms with Crippen molar-refractivity contribution in [2.45, 2.75) is 19.8 Å². The third kappa shape index (κ3) is 1.78. The van der Waals surface area contributed by atoms with E-state index in [1.165, 1.54) is 16.7 Å². The third-order valence-electron chi connectivity index (χ3n) is 3.38. The van der Waals surface area contributed by atoms with Crippen LogP contribution in [0.3, 0.4) is 0 Å². The molecule has 0 heterocycles. The van der Waals surface area contributed by atoms with Gasteiger partial charge >= 0.3 is 0 Å². The standard InChI is InChI=1S/C16H14O/c1-11-3-2-4-13(9-11)14-6-5-12-7-8-16(17)15(12)10-14/h2-6,9-10H,7-8H2,1H3. The molecule has 2 aromatic rings. The highest BCUT2D eigenvalue weighted by Crippen LogP contribution is 2.28. The van der Waals surface area contributed by atoms with E-state index < -0.39 is 0 Å². The first-order valence-corrected chi connectivity index (χ1v) is 5.97. The Morgan fingerprint density at radius 1 is 0.941 bits per heavy atom. The van der Waals surface area contributed by atoms with Crippen molar-refractivity contribution in [2.24, 2.45) is 0 Å². The van der Waals surface area contributed by atoms with Gasteiger partial charge in [-0.05, 0) is 36.1 Å². The SMILES string of the molecule is Cc1cccc(-c2ccc3c(c2)C(=O)CC3)c1. The second-order valence-electron chi connectivity index (χ2n) is 4.66. The molecule has 0 unspecified atom stereocenters. The van der Waals surface area contributed by atoms with Gasteiger partial charge in [-0.1, -0.05) is 42.0 Å². The van der Waals surface area contributed by atoms with Crippen molar-refractivity contribution in [3.63, 3.8) is 0 Å². The van der Waals surface area contributed by atoms with Gasteiger partial charge in [0.15, 0.2) is 5.78 Å². The van der Waals surface area contributed by atoms with Gasteiger partial charge in [0.2, 0.25) is 0 Å². The molecule has 2 aromatic carbocycles. The number of ketones is 1. The molecule has 1 nitrogen and oxygen atoms in total. The monoisotopic (exact) mass is 222 g/mol. The zero-order valence-electron chi connectivity index (χ0n) is 9.86. The highest BCUT2D eigenvalue weighted by Gasteiger charge is 2.19. The van der Waals surface area contributed by atoms with Gasteiger partial charge in [-0.2, -0.15) is 0 Å². The maximum Gasteiger partial charge on any atom is 0.163 e. The van der Waals surface area contributed by atoms with Crippen LogP contribution >= 0.6 is 0 Å². The van der Waals surface area contributed by atoms with Gasteiger partial charge in [0, 0.05) is 12.0 Å². The molecule has 0 spiro atoms. The molecule has 0 N–H and O–H groups in total. The van der Waals surface area contributed by atoms with Crippen LogP contribution in [0.5, 0.6) is 0 Å². The largest absolute Gasteiger partial charge is 0.294 e. The van der Waals surface area contributed by atoms with E-state index >= 15 is 0 Å². The average molecular weight is 222 g/mol. The quantitative estimate of drug-likeness (QED) is 0.717. The summed E-state index contributed by atoms with van der Waals surface area (Å²) < 4.78 is 0. The molecule has 0 atom stereocenters. The van der Waals surface area contributed by atoms with Crippen LogP contribution in [0.25, 0.3) is 11.1 Å². The fourth-order valence-electron chi connectivity index (χ4n) is 2.44. The van der Waals surface area contributed by atoms with E-state index in [9.17, 15) is 4.79 Å². The van der Waals surface area contributed by atoms with Gasteiger partial charge in [-0.3, -0.25) is 4.79 Å². The molecule has 0 radical (unpaired) electrons. The number of hydrogen-bond donors (Lipinski definition) is 0. The van der Waals surface area contributed by atoms with E-state index in [1.54, 1.807) is 0 Å². The van der Waals surface area contributed by atoms with E-state index in [2.05, 4.69) is 43.3 Å². The number of aryl methyl sites for hydroxylation is 2. The fraction of sp³-hybridized carbons (Fsp3) is 0.188. The number of carbonyl (C=O) groups excluding carboxylic acids is 1. The first-order chi connectivity index (χ1) is 8.24. The molecule has 1 aliphatic carbocycles. The number of fused-ring (bicyclic) bond motifs is 1. The smallest absolute Gasteiger partial charge is 0.163 e. The van der Waals surface area contributed by atoms with Crippen LogP contribution in [0.1, 0.15) is 27.9 Å². The second kappa shape index (κ2) is 3.85. The molecule has 0 bridgehead atoms. The van der Waals surface area contributed by atoms with Crippen molar-refractivity contribution >= 4 is 5.78 Å². The van der Waals surface area contributed by atoms with E-state index in [0.717, 1.165) is 17.5 Å². The summed E-state index contributed by atoms with van der Waals surface area (Å²) in [6.07, 6.45) is 1.58. The Morgan fingerprint density at radius 2 is 1.76 bits per heavy atom. The lowest BCUT2D eigenvalue weighted by molar-refractivity contribution is 0.0994. The van der Waals surface area contributed by atoms with Crippen molar-refractivity contribution in [3.8, 4) is 11.1 Å². The van der Waals surface area contributed by atoms with Gasteiger partial charge in [0.05, 0.1) is 0 Å². The Bertz CT molecular complexity index is 596. The Hall–Kier alpha value is -1.89. The fourth-order valence-corrected chi connectivity index (χ4v) is 2.44. The van der Waals surface area contributed by atoms with Crippen molar-refractivity contribution in [3.05, 3.63) is 59.2 Å². The maximum absolute atomic E-state index is 11.7. The van der Waals surface area contributed by atoms with Crippen molar-refractivity contribution in [2.75, 3.05) is 0 Å². The van der Waals surface area contributed by atoms with Crippen LogP contribution in [-0.2, 0) is 6.42 Å². The summed E-state index contributed by atoms with van der Waals surface area (Å²) in [5.41, 5.74) is 5.69. The molecule has 1 aliphatic rings. The van der Waals surface area contributed by atoms with E-state index in [-0.39, 0.29) is 5.78 Å². The van der Waals surface area contributed by atoms with Crippen molar-refractivity contribution in [1.82, 2.24) is 0 Å². The van der Waals surface area contributed by atoms with Crippen LogP contribution in [0.15, 0.2) is 42.5 Å². The van der Waals surface area contributed by atoms with E-state index in [0.29, 0.717) is 6.42 Å². The maximum atomic E-state index is 11.7. The molecule has 17 heavy (non-hydrogen) atoms. The van der Waals surface area contributed by atoms with Crippen molar-refractivity contribution in [1.29, 1.82) is 0 Å². The highest BCUT2D eigenvalue weighted by molar-refractivity contribution is 6.01.